The molecule has 5 nitrogen and oxygen atoms in total. The van der Waals surface area contributed by atoms with Gasteiger partial charge < -0.3 is 15.0 Å². The molecule has 2 amide bonds. The summed E-state index contributed by atoms with van der Waals surface area (Å²) in [5, 5.41) is 2.82. The molecular weight excluding hydrogens is 384 g/mol. The third kappa shape index (κ3) is 5.76. The van der Waals surface area contributed by atoms with Crippen LogP contribution in [0.25, 0.3) is 11.1 Å². The van der Waals surface area contributed by atoms with Gasteiger partial charge in [-0.25, -0.2) is 4.79 Å². The maximum Gasteiger partial charge on any atom is 0.407 e. The van der Waals surface area contributed by atoms with Gasteiger partial charge in [-0.15, -0.1) is 0 Å². The van der Waals surface area contributed by atoms with Gasteiger partial charge in [-0.3, -0.25) is 4.79 Å². The zero-order valence-electron chi connectivity index (χ0n) is 17.2. The van der Waals surface area contributed by atoms with Gasteiger partial charge in [-0.2, -0.15) is 11.8 Å². The number of carbonyl (C=O) groups is 2. The molecule has 3 rings (SSSR count). The molecule has 1 aliphatic rings. The Morgan fingerprint density at radius 1 is 1.00 bits per heavy atom. The number of alkyl carbamates (subject to hydrolysis) is 1. The molecule has 1 fully saturated rings. The highest BCUT2D eigenvalue weighted by atomic mass is 32.2. The van der Waals surface area contributed by atoms with E-state index in [0.29, 0.717) is 12.1 Å². The smallest absolute Gasteiger partial charge is 0.407 e. The lowest BCUT2D eigenvalue weighted by Gasteiger charge is -2.27. The van der Waals surface area contributed by atoms with Crippen LogP contribution in [0.3, 0.4) is 0 Å². The molecule has 2 aromatic rings. The van der Waals surface area contributed by atoms with Gasteiger partial charge in [0.25, 0.3) is 5.91 Å². The number of nitrogens with zero attached hydrogens (tertiary/aromatic N) is 1. The van der Waals surface area contributed by atoms with E-state index < -0.39 is 11.7 Å². The number of amides is 2. The number of hydrogen-bond acceptors (Lipinski definition) is 4. The molecule has 0 aromatic heterocycles. The molecule has 0 saturated carbocycles. The van der Waals surface area contributed by atoms with Crippen molar-refractivity contribution in [2.24, 2.45) is 0 Å². The minimum atomic E-state index is -0.546. The first-order valence-corrected chi connectivity index (χ1v) is 11.0. The van der Waals surface area contributed by atoms with Crippen LogP contribution in [0.5, 0.6) is 0 Å². The molecule has 0 atom stereocenters. The lowest BCUT2D eigenvalue weighted by atomic mass is 9.94. The summed E-state index contributed by atoms with van der Waals surface area (Å²) in [5.74, 6) is 2.02. The van der Waals surface area contributed by atoms with Crippen molar-refractivity contribution in [2.75, 3.05) is 24.6 Å². The Labute approximate surface area is 176 Å². The minimum absolute atomic E-state index is 0.0656. The molecule has 154 valence electrons. The maximum absolute atomic E-state index is 13.2. The minimum Gasteiger partial charge on any atom is -0.444 e. The van der Waals surface area contributed by atoms with E-state index in [9.17, 15) is 9.59 Å². The summed E-state index contributed by atoms with van der Waals surface area (Å²) < 4.78 is 5.33. The fourth-order valence-corrected chi connectivity index (χ4v) is 4.16. The number of hydrogen-bond donors (Lipinski definition) is 1. The molecule has 0 unspecified atom stereocenters. The van der Waals surface area contributed by atoms with Crippen molar-refractivity contribution in [3.8, 4) is 11.1 Å². The van der Waals surface area contributed by atoms with Crippen molar-refractivity contribution < 1.29 is 14.3 Å². The molecule has 6 heteroatoms. The Hall–Kier alpha value is -2.47. The third-order valence-corrected chi connectivity index (χ3v) is 5.53. The van der Waals surface area contributed by atoms with Crippen molar-refractivity contribution in [3.63, 3.8) is 0 Å². The van der Waals surface area contributed by atoms with Crippen LogP contribution in [-0.2, 0) is 11.3 Å². The number of benzene rings is 2. The topological polar surface area (TPSA) is 58.6 Å². The molecule has 29 heavy (non-hydrogen) atoms. The van der Waals surface area contributed by atoms with Gasteiger partial charge in [0.15, 0.2) is 0 Å². The van der Waals surface area contributed by atoms with Gasteiger partial charge in [0.1, 0.15) is 5.60 Å². The highest BCUT2D eigenvalue weighted by molar-refractivity contribution is 7.99. The Morgan fingerprint density at radius 3 is 2.31 bits per heavy atom. The highest BCUT2D eigenvalue weighted by Gasteiger charge is 2.22. The lowest BCUT2D eigenvalue weighted by molar-refractivity contribution is 0.0523. The summed E-state index contributed by atoms with van der Waals surface area (Å²) in [7, 11) is 0. The van der Waals surface area contributed by atoms with Crippen LogP contribution in [0, 0.1) is 0 Å². The monoisotopic (exact) mass is 412 g/mol. The molecular formula is C23H28N2O3S. The molecule has 1 aliphatic heterocycles. The van der Waals surface area contributed by atoms with Gasteiger partial charge in [0, 0.05) is 36.7 Å². The van der Waals surface area contributed by atoms with Crippen molar-refractivity contribution in [1.29, 1.82) is 0 Å². The van der Waals surface area contributed by atoms with Crippen molar-refractivity contribution in [1.82, 2.24) is 10.2 Å². The SMILES string of the molecule is CC(C)(C)OC(=O)NCc1ccccc1-c1ccccc1C(=O)N1CCSCC1. The largest absolute Gasteiger partial charge is 0.444 e. The first-order chi connectivity index (χ1) is 13.8. The molecule has 2 aromatic carbocycles. The number of thioether (sulfide) groups is 1. The lowest BCUT2D eigenvalue weighted by Crippen LogP contribution is -2.38. The Morgan fingerprint density at radius 2 is 1.62 bits per heavy atom. The van der Waals surface area contributed by atoms with Crippen molar-refractivity contribution in [2.45, 2.75) is 32.9 Å². The highest BCUT2D eigenvalue weighted by Crippen LogP contribution is 2.29. The molecule has 0 bridgehead atoms. The maximum atomic E-state index is 13.2. The molecule has 0 aliphatic carbocycles. The Kier molecular flexibility index (Phi) is 6.85. The van der Waals surface area contributed by atoms with Crippen molar-refractivity contribution >= 4 is 23.8 Å². The normalized spacial score (nSPS) is 14.4. The second-order valence-electron chi connectivity index (χ2n) is 7.96. The van der Waals surface area contributed by atoms with E-state index in [1.165, 1.54) is 0 Å². The third-order valence-electron chi connectivity index (χ3n) is 4.59. The average molecular weight is 413 g/mol. The first kappa shape index (κ1) is 21.2. The van der Waals surface area contributed by atoms with Gasteiger partial charge >= 0.3 is 6.09 Å². The average Bonchev–Trinajstić information content (AvgIpc) is 2.71. The summed E-state index contributed by atoms with van der Waals surface area (Å²) in [6.07, 6.45) is -0.456. The predicted molar refractivity (Wildman–Crippen MR) is 118 cm³/mol. The van der Waals surface area contributed by atoms with Crippen LogP contribution < -0.4 is 5.32 Å². The fourth-order valence-electron chi connectivity index (χ4n) is 3.26. The van der Waals surface area contributed by atoms with E-state index in [1.54, 1.807) is 0 Å². The van der Waals surface area contributed by atoms with Crippen LogP contribution in [0.2, 0.25) is 0 Å². The van der Waals surface area contributed by atoms with Gasteiger partial charge in [-0.05, 0) is 43.5 Å². The fraction of sp³-hybridized carbons (Fsp3) is 0.391. The van der Waals surface area contributed by atoms with Crippen LogP contribution >= 0.6 is 11.8 Å². The second kappa shape index (κ2) is 9.35. The molecule has 0 spiro atoms. The van der Waals surface area contributed by atoms with Gasteiger partial charge in [0.2, 0.25) is 0 Å². The quantitative estimate of drug-likeness (QED) is 0.799. The van der Waals surface area contributed by atoms with Crippen LogP contribution in [0.15, 0.2) is 48.5 Å². The molecule has 0 radical (unpaired) electrons. The van der Waals surface area contributed by atoms with E-state index in [2.05, 4.69) is 5.32 Å². The first-order valence-electron chi connectivity index (χ1n) is 9.86. The predicted octanol–water partition coefficient (Wildman–Crippen LogP) is 4.57. The standard InChI is InChI=1S/C23H28N2O3S/c1-23(2,3)28-22(27)24-16-17-8-4-5-9-18(17)19-10-6-7-11-20(19)21(26)25-12-14-29-15-13-25/h4-11H,12-16H2,1-3H3,(H,24,27). The second-order valence-corrected chi connectivity index (χ2v) is 9.19. The van der Waals surface area contributed by atoms with E-state index in [4.69, 9.17) is 4.74 Å². The summed E-state index contributed by atoms with van der Waals surface area (Å²) in [6, 6.07) is 15.5. The van der Waals surface area contributed by atoms with Crippen LogP contribution in [-0.4, -0.2) is 47.1 Å². The number of carbonyl (C=O) groups excluding carboxylic acids is 2. The van der Waals surface area contributed by atoms with E-state index in [0.717, 1.165) is 41.3 Å². The van der Waals surface area contributed by atoms with Crippen LogP contribution in [0.4, 0.5) is 4.79 Å². The summed E-state index contributed by atoms with van der Waals surface area (Å²) in [6.45, 7) is 7.39. The Bertz CT molecular complexity index is 870. The number of ether oxygens (including phenoxy) is 1. The summed E-state index contributed by atoms with van der Waals surface area (Å²) in [4.78, 5) is 27.1. The van der Waals surface area contributed by atoms with Gasteiger partial charge in [-0.1, -0.05) is 42.5 Å². The van der Waals surface area contributed by atoms with Gasteiger partial charge in [0.05, 0.1) is 0 Å². The zero-order valence-corrected chi connectivity index (χ0v) is 18.1. The number of rotatable bonds is 4. The van der Waals surface area contributed by atoms with Crippen LogP contribution in [0.1, 0.15) is 36.7 Å². The van der Waals surface area contributed by atoms with E-state index >= 15 is 0 Å². The molecule has 1 heterocycles. The summed E-state index contributed by atoms with van der Waals surface area (Å²) >= 11 is 1.88. The molecule has 1 N–H and O–H groups in total. The number of nitrogens with one attached hydrogen (secondary N) is 1. The molecule has 1 saturated heterocycles. The summed E-state index contributed by atoms with van der Waals surface area (Å²) in [5.41, 5.74) is 2.92. The van der Waals surface area contributed by atoms with E-state index in [-0.39, 0.29) is 5.91 Å². The zero-order chi connectivity index (χ0) is 20.9. The Balaban J connectivity index is 1.84. The van der Waals surface area contributed by atoms with Crippen molar-refractivity contribution in [3.05, 3.63) is 59.7 Å². The van der Waals surface area contributed by atoms with E-state index in [1.807, 2.05) is 86.0 Å².